The summed E-state index contributed by atoms with van der Waals surface area (Å²) >= 11 is 0. The number of nitrogens with zero attached hydrogens (tertiary/aromatic N) is 3. The summed E-state index contributed by atoms with van der Waals surface area (Å²) in [5, 5.41) is 14.3. The van der Waals surface area contributed by atoms with Crippen LogP contribution in [0, 0.1) is 0 Å². The molecule has 5 nitrogen and oxygen atoms in total. The quantitative estimate of drug-likeness (QED) is 0.208. The summed E-state index contributed by atoms with van der Waals surface area (Å²) in [5.41, 5.74) is 4.75. The minimum atomic E-state index is -0.456. The molecule has 0 aliphatic carbocycles. The molecule has 0 bridgehead atoms. The van der Waals surface area contributed by atoms with Crippen LogP contribution in [0.1, 0.15) is 28.6 Å². The number of furan rings is 1. The monoisotopic (exact) mass is 590 g/mol. The van der Waals surface area contributed by atoms with Crippen molar-refractivity contribution in [2.24, 2.45) is 15.0 Å². The average molecular weight is 591 g/mol. The molecular formula is C41H26N4O. The van der Waals surface area contributed by atoms with Crippen molar-refractivity contribution in [3.05, 3.63) is 156 Å². The second-order valence-corrected chi connectivity index (χ2v) is 12.0. The fourth-order valence-corrected chi connectivity index (χ4v) is 7.17. The minimum absolute atomic E-state index is 0.456. The van der Waals surface area contributed by atoms with Gasteiger partial charge in [0.1, 0.15) is 22.9 Å². The van der Waals surface area contributed by atoms with E-state index in [4.69, 9.17) is 19.4 Å². The summed E-state index contributed by atoms with van der Waals surface area (Å²) in [6.45, 7) is 0.484. The Morgan fingerprint density at radius 1 is 0.543 bits per heavy atom. The maximum absolute atomic E-state index is 6.22. The first kappa shape index (κ1) is 25.3. The first-order chi connectivity index (χ1) is 22.8. The van der Waals surface area contributed by atoms with E-state index >= 15 is 0 Å². The molecule has 0 radical (unpaired) electrons. The Bertz CT molecular complexity index is 2660. The molecule has 1 N–H and O–H groups in total. The fraction of sp³-hybridized carbons (Fsp3) is 0.0488. The third-order valence-corrected chi connectivity index (χ3v) is 9.34. The topological polar surface area (TPSA) is 62.2 Å². The van der Waals surface area contributed by atoms with Crippen molar-refractivity contribution in [3.63, 3.8) is 0 Å². The smallest absolute Gasteiger partial charge is 0.169 e. The predicted molar refractivity (Wildman–Crippen MR) is 189 cm³/mol. The average Bonchev–Trinajstić information content (AvgIpc) is 3.70. The van der Waals surface area contributed by atoms with E-state index < -0.39 is 6.17 Å². The van der Waals surface area contributed by atoms with E-state index in [9.17, 15) is 0 Å². The molecule has 1 aromatic heterocycles. The molecule has 216 valence electrons. The molecule has 1 unspecified atom stereocenters. The normalized spacial score (nSPS) is 16.1. The Kier molecular flexibility index (Phi) is 5.34. The van der Waals surface area contributed by atoms with Crippen molar-refractivity contribution in [1.29, 1.82) is 0 Å². The van der Waals surface area contributed by atoms with Gasteiger partial charge in [-0.15, -0.1) is 0 Å². The predicted octanol–water partition coefficient (Wildman–Crippen LogP) is 9.50. The number of amidine groups is 2. The molecule has 0 amide bonds. The highest BCUT2D eigenvalue weighted by Gasteiger charge is 2.31. The summed E-state index contributed by atoms with van der Waals surface area (Å²) in [5.74, 6) is 2.35. The third kappa shape index (κ3) is 3.78. The van der Waals surface area contributed by atoms with Crippen molar-refractivity contribution in [3.8, 4) is 0 Å². The van der Waals surface area contributed by atoms with Crippen molar-refractivity contribution in [1.82, 2.24) is 5.32 Å². The molecule has 10 rings (SSSR count). The number of benzene rings is 7. The van der Waals surface area contributed by atoms with Crippen molar-refractivity contribution in [2.45, 2.75) is 12.7 Å². The Morgan fingerprint density at radius 3 is 2.11 bits per heavy atom. The van der Waals surface area contributed by atoms with Crippen LogP contribution < -0.4 is 5.32 Å². The summed E-state index contributed by atoms with van der Waals surface area (Å²) in [4.78, 5) is 15.5. The number of fused-ring (bicyclic) bond motifs is 9. The SMILES string of the molecule is c1ccc2cc(C3N=C(C4=NCc5oc6ccccc6c54)NC(c4cc5c6ccccc6ccc5c5ccccc45)=N3)ccc2c1. The van der Waals surface area contributed by atoms with Gasteiger partial charge in [0.2, 0.25) is 0 Å². The minimum Gasteiger partial charge on any atom is -0.458 e. The second kappa shape index (κ2) is 9.71. The van der Waals surface area contributed by atoms with Gasteiger partial charge in [-0.25, -0.2) is 9.98 Å². The maximum atomic E-state index is 6.22. The highest BCUT2D eigenvalue weighted by Crippen LogP contribution is 2.37. The summed E-state index contributed by atoms with van der Waals surface area (Å²) in [6, 6.07) is 47.0. The molecule has 0 saturated heterocycles. The number of aliphatic imine (C=N–C) groups is 3. The van der Waals surface area contributed by atoms with Crippen molar-refractivity contribution < 1.29 is 4.42 Å². The van der Waals surface area contributed by atoms with Crippen LogP contribution in [0.2, 0.25) is 0 Å². The number of hydrogen-bond acceptors (Lipinski definition) is 5. The Hall–Kier alpha value is -6.07. The molecule has 46 heavy (non-hydrogen) atoms. The van der Waals surface area contributed by atoms with Crippen LogP contribution >= 0.6 is 0 Å². The van der Waals surface area contributed by atoms with Gasteiger partial charge < -0.3 is 9.73 Å². The lowest BCUT2D eigenvalue weighted by Gasteiger charge is -2.24. The van der Waals surface area contributed by atoms with E-state index in [1.165, 1.54) is 32.3 Å². The van der Waals surface area contributed by atoms with Crippen LogP contribution in [0.4, 0.5) is 0 Å². The zero-order chi connectivity index (χ0) is 30.2. The molecule has 1 atom stereocenters. The lowest BCUT2D eigenvalue weighted by molar-refractivity contribution is 0.557. The number of hydrogen-bond donors (Lipinski definition) is 1. The Morgan fingerprint density at radius 2 is 1.22 bits per heavy atom. The highest BCUT2D eigenvalue weighted by molar-refractivity contribution is 6.53. The zero-order valence-electron chi connectivity index (χ0n) is 24.7. The van der Waals surface area contributed by atoms with E-state index in [-0.39, 0.29) is 0 Å². The van der Waals surface area contributed by atoms with Crippen molar-refractivity contribution >= 4 is 71.4 Å². The zero-order valence-corrected chi connectivity index (χ0v) is 24.7. The third-order valence-electron chi connectivity index (χ3n) is 9.34. The standard InChI is InChI=1S/C41H26N4O/c1-2-11-26-21-27(18-17-24(26)9-1)39-43-40(45-41(44-39)38-37-32-15-7-8-16-35(32)46-36(37)23-42-38)34-22-33-28-12-4-3-10-25(28)19-20-31(33)29-13-5-6-14-30(29)34/h1-22,39H,23H2,(H,43,44,45). The Balaban J connectivity index is 1.21. The summed E-state index contributed by atoms with van der Waals surface area (Å²) in [7, 11) is 0. The van der Waals surface area contributed by atoms with E-state index in [0.717, 1.165) is 55.7 Å². The van der Waals surface area contributed by atoms with Crippen LogP contribution in [0.15, 0.2) is 153 Å². The van der Waals surface area contributed by atoms with Crippen molar-refractivity contribution in [2.75, 3.05) is 0 Å². The van der Waals surface area contributed by atoms with Gasteiger partial charge in [0.25, 0.3) is 0 Å². The summed E-state index contributed by atoms with van der Waals surface area (Å²) in [6.07, 6.45) is -0.456. The first-order valence-corrected chi connectivity index (χ1v) is 15.6. The van der Waals surface area contributed by atoms with Gasteiger partial charge in [-0.3, -0.25) is 4.99 Å². The largest absolute Gasteiger partial charge is 0.458 e. The molecule has 8 aromatic rings. The van der Waals surface area contributed by atoms with Crippen LogP contribution in [-0.2, 0) is 6.54 Å². The molecule has 3 heterocycles. The first-order valence-electron chi connectivity index (χ1n) is 15.6. The molecular weight excluding hydrogens is 564 g/mol. The van der Waals surface area contributed by atoms with Gasteiger partial charge >= 0.3 is 0 Å². The fourth-order valence-electron chi connectivity index (χ4n) is 7.17. The molecule has 2 aliphatic heterocycles. The van der Waals surface area contributed by atoms with Gasteiger partial charge in [-0.1, -0.05) is 115 Å². The Labute approximate surface area is 264 Å². The number of para-hydroxylation sites is 1. The van der Waals surface area contributed by atoms with Gasteiger partial charge in [-0.05, 0) is 66.9 Å². The van der Waals surface area contributed by atoms with Crippen LogP contribution in [0.25, 0.3) is 54.1 Å². The summed E-state index contributed by atoms with van der Waals surface area (Å²) < 4.78 is 6.22. The molecule has 0 fully saturated rings. The van der Waals surface area contributed by atoms with E-state index in [1.807, 2.05) is 18.2 Å². The molecule has 2 aliphatic rings. The van der Waals surface area contributed by atoms with E-state index in [2.05, 4.69) is 121 Å². The van der Waals surface area contributed by atoms with Gasteiger partial charge in [0.15, 0.2) is 12.0 Å². The molecule has 0 spiro atoms. The molecule has 0 saturated carbocycles. The lowest BCUT2D eigenvalue weighted by atomic mass is 9.93. The van der Waals surface area contributed by atoms with Crippen LogP contribution in [0.5, 0.6) is 0 Å². The van der Waals surface area contributed by atoms with E-state index in [0.29, 0.717) is 12.4 Å². The molecule has 5 heteroatoms. The van der Waals surface area contributed by atoms with Crippen LogP contribution in [-0.4, -0.2) is 17.4 Å². The maximum Gasteiger partial charge on any atom is 0.169 e. The van der Waals surface area contributed by atoms with Gasteiger partial charge in [0.05, 0.1) is 12.1 Å². The highest BCUT2D eigenvalue weighted by atomic mass is 16.3. The van der Waals surface area contributed by atoms with E-state index in [1.54, 1.807) is 0 Å². The van der Waals surface area contributed by atoms with Gasteiger partial charge in [-0.2, -0.15) is 0 Å². The van der Waals surface area contributed by atoms with Gasteiger partial charge in [0, 0.05) is 10.9 Å². The number of nitrogens with one attached hydrogen (secondary N) is 1. The second-order valence-electron chi connectivity index (χ2n) is 12.0. The van der Waals surface area contributed by atoms with Crippen LogP contribution in [0.3, 0.4) is 0 Å². The number of rotatable bonds is 3. The lowest BCUT2D eigenvalue weighted by Crippen LogP contribution is -2.40. The molecule has 7 aromatic carbocycles.